The highest BCUT2D eigenvalue weighted by Crippen LogP contribution is 2.21. The molecule has 0 aliphatic rings. The van der Waals surface area contributed by atoms with Gasteiger partial charge in [0.05, 0.1) is 17.3 Å². The average Bonchev–Trinajstić information content (AvgIpc) is 2.71. The molecular weight excluding hydrogens is 423 g/mol. The average molecular weight is 454 g/mol. The van der Waals surface area contributed by atoms with Crippen molar-refractivity contribution in [3.63, 3.8) is 0 Å². The largest absolute Gasteiger partial charge is 0.477 e. The standard InChI is InChI=1S/C23H30F3N3O3/c1-4-10-18(24)12-6-8-14-28-19(11-5-2)20(16-17(3)21(27)30)29-15-9-7-13-23(25,26)22(31)32/h4,6,10-12,14-17H,1,5,7-9,13H2,2-3H3,(H2,27,30)(H,31,32)/b12-6-,18-10+,19-11+,20-16+,28-14?,29-15?. The van der Waals surface area contributed by atoms with Crippen LogP contribution in [0.5, 0.6) is 0 Å². The molecule has 3 N–H and O–H groups in total. The number of nitrogens with zero attached hydrogens (tertiary/aromatic N) is 2. The first kappa shape index (κ1) is 28.8. The molecule has 0 aromatic rings. The van der Waals surface area contributed by atoms with Crippen molar-refractivity contribution in [3.8, 4) is 0 Å². The highest BCUT2D eigenvalue weighted by Gasteiger charge is 2.37. The maximum atomic E-state index is 13.3. The van der Waals surface area contributed by atoms with Crippen LogP contribution >= 0.6 is 0 Å². The number of primary amides is 1. The van der Waals surface area contributed by atoms with E-state index in [1.807, 2.05) is 6.92 Å². The zero-order valence-electron chi connectivity index (χ0n) is 18.3. The van der Waals surface area contributed by atoms with Crippen molar-refractivity contribution in [1.82, 2.24) is 0 Å². The van der Waals surface area contributed by atoms with Crippen molar-refractivity contribution in [2.24, 2.45) is 21.6 Å². The Morgan fingerprint density at radius 1 is 1.22 bits per heavy atom. The Morgan fingerprint density at radius 2 is 1.88 bits per heavy atom. The van der Waals surface area contributed by atoms with Crippen molar-refractivity contribution in [2.75, 3.05) is 0 Å². The van der Waals surface area contributed by atoms with Crippen molar-refractivity contribution in [3.05, 3.63) is 60.3 Å². The predicted molar refractivity (Wildman–Crippen MR) is 121 cm³/mol. The molecule has 0 bridgehead atoms. The van der Waals surface area contributed by atoms with Crippen LogP contribution in [0.25, 0.3) is 0 Å². The van der Waals surface area contributed by atoms with Gasteiger partial charge in [-0.1, -0.05) is 38.7 Å². The summed E-state index contributed by atoms with van der Waals surface area (Å²) in [5, 5.41) is 8.45. The zero-order valence-corrected chi connectivity index (χ0v) is 18.3. The first-order valence-corrected chi connectivity index (χ1v) is 10.1. The van der Waals surface area contributed by atoms with Gasteiger partial charge in [-0.25, -0.2) is 9.18 Å². The van der Waals surface area contributed by atoms with E-state index in [2.05, 4.69) is 16.6 Å². The molecular formula is C23H30F3N3O3. The minimum atomic E-state index is -3.79. The number of carbonyl (C=O) groups is 2. The molecule has 0 spiro atoms. The van der Waals surface area contributed by atoms with Crippen LogP contribution in [0, 0.1) is 5.92 Å². The Balaban J connectivity index is 5.44. The highest BCUT2D eigenvalue weighted by atomic mass is 19.3. The van der Waals surface area contributed by atoms with Crippen LogP contribution in [0.2, 0.25) is 0 Å². The Kier molecular flexibility index (Phi) is 14.0. The fourth-order valence-electron chi connectivity index (χ4n) is 2.18. The van der Waals surface area contributed by atoms with Gasteiger partial charge in [-0.3, -0.25) is 14.8 Å². The molecule has 0 saturated carbocycles. The first-order valence-electron chi connectivity index (χ1n) is 10.1. The Hall–Kier alpha value is -3.23. The molecule has 0 fully saturated rings. The van der Waals surface area contributed by atoms with Crippen LogP contribution in [0.15, 0.2) is 70.2 Å². The molecule has 32 heavy (non-hydrogen) atoms. The predicted octanol–water partition coefficient (Wildman–Crippen LogP) is 5.30. The third-order valence-corrected chi connectivity index (χ3v) is 3.91. The maximum Gasteiger partial charge on any atom is 0.374 e. The van der Waals surface area contributed by atoms with Gasteiger partial charge in [0.2, 0.25) is 5.91 Å². The van der Waals surface area contributed by atoms with Crippen molar-refractivity contribution in [1.29, 1.82) is 0 Å². The number of carboxylic acids is 1. The molecule has 6 nitrogen and oxygen atoms in total. The summed E-state index contributed by atoms with van der Waals surface area (Å²) in [5.41, 5.74) is 6.07. The number of unbranched alkanes of at least 4 members (excludes halogenated alkanes) is 1. The summed E-state index contributed by atoms with van der Waals surface area (Å²) in [6.45, 7) is 6.85. The van der Waals surface area contributed by atoms with E-state index in [0.717, 1.165) is 0 Å². The van der Waals surface area contributed by atoms with Gasteiger partial charge in [0.25, 0.3) is 0 Å². The number of rotatable bonds is 15. The number of aliphatic carboxylic acids is 1. The fourth-order valence-corrected chi connectivity index (χ4v) is 2.18. The minimum Gasteiger partial charge on any atom is -0.477 e. The van der Waals surface area contributed by atoms with E-state index in [-0.39, 0.29) is 12.8 Å². The van der Waals surface area contributed by atoms with Gasteiger partial charge in [0.15, 0.2) is 0 Å². The third kappa shape index (κ3) is 12.5. The van der Waals surface area contributed by atoms with E-state index in [9.17, 15) is 22.8 Å². The normalized spacial score (nSPS) is 15.1. The van der Waals surface area contributed by atoms with Gasteiger partial charge in [0.1, 0.15) is 5.83 Å². The molecule has 9 heteroatoms. The quantitative estimate of drug-likeness (QED) is 0.200. The zero-order chi connectivity index (χ0) is 24.6. The lowest BCUT2D eigenvalue weighted by Gasteiger charge is -2.09. The molecule has 0 rings (SSSR count). The summed E-state index contributed by atoms with van der Waals surface area (Å²) >= 11 is 0. The Bertz CT molecular complexity index is 826. The second kappa shape index (κ2) is 15.6. The molecule has 0 aromatic carbocycles. The first-order chi connectivity index (χ1) is 15.0. The number of aliphatic imine (C=N–C) groups is 2. The molecule has 0 aliphatic heterocycles. The van der Waals surface area contributed by atoms with E-state index < -0.39 is 36.0 Å². The summed E-state index contributed by atoms with van der Waals surface area (Å²) < 4.78 is 39.6. The highest BCUT2D eigenvalue weighted by molar-refractivity contribution is 5.78. The van der Waals surface area contributed by atoms with Crippen LogP contribution < -0.4 is 5.73 Å². The lowest BCUT2D eigenvalue weighted by molar-refractivity contribution is -0.165. The summed E-state index contributed by atoms with van der Waals surface area (Å²) in [6.07, 6.45) is 11.7. The van der Waals surface area contributed by atoms with E-state index in [4.69, 9.17) is 10.8 Å². The Labute approximate surface area is 186 Å². The fraction of sp³-hybridized carbons (Fsp3) is 0.391. The van der Waals surface area contributed by atoms with Gasteiger partial charge in [-0.2, -0.15) is 8.78 Å². The molecule has 1 amide bonds. The van der Waals surface area contributed by atoms with Gasteiger partial charge >= 0.3 is 11.9 Å². The van der Waals surface area contributed by atoms with Gasteiger partial charge in [0, 0.05) is 25.3 Å². The number of carboxylic acid groups (broad SMARTS) is 1. The topological polar surface area (TPSA) is 105 Å². The summed E-state index contributed by atoms with van der Waals surface area (Å²) in [4.78, 5) is 30.5. The monoisotopic (exact) mass is 453 g/mol. The molecule has 1 atom stereocenters. The summed E-state index contributed by atoms with van der Waals surface area (Å²) in [5.74, 6) is -7.65. The summed E-state index contributed by atoms with van der Waals surface area (Å²) in [6, 6.07) is 0. The van der Waals surface area contributed by atoms with Crippen molar-refractivity contribution in [2.45, 2.75) is 51.9 Å². The number of hydrogen-bond acceptors (Lipinski definition) is 4. The van der Waals surface area contributed by atoms with Crippen LogP contribution in [0.3, 0.4) is 0 Å². The number of amides is 1. The van der Waals surface area contributed by atoms with E-state index >= 15 is 0 Å². The van der Waals surface area contributed by atoms with Crippen LogP contribution in [-0.2, 0) is 9.59 Å². The molecule has 0 saturated heterocycles. The molecule has 176 valence electrons. The van der Waals surface area contributed by atoms with Crippen molar-refractivity contribution >= 4 is 24.3 Å². The number of carbonyl (C=O) groups excluding carboxylic acids is 1. The minimum absolute atomic E-state index is 0.0911. The number of halogens is 3. The number of allylic oxidation sites excluding steroid dienone is 6. The second-order valence-corrected chi connectivity index (χ2v) is 6.69. The van der Waals surface area contributed by atoms with Crippen molar-refractivity contribution < 1.29 is 27.9 Å². The third-order valence-electron chi connectivity index (χ3n) is 3.91. The molecule has 1 unspecified atom stereocenters. The van der Waals surface area contributed by atoms with Gasteiger partial charge < -0.3 is 10.8 Å². The van der Waals surface area contributed by atoms with Crippen LogP contribution in [-0.4, -0.2) is 35.3 Å². The SMILES string of the molecule is C=C/C=C(F)\C=C/CC=NC(=C/CC)/C(=C\C(C)C(N)=O)N=CCCCC(F)(F)C(=O)O. The number of nitrogens with two attached hydrogens (primary N) is 1. The van der Waals surface area contributed by atoms with E-state index in [1.54, 1.807) is 19.1 Å². The maximum absolute atomic E-state index is 13.3. The Morgan fingerprint density at radius 3 is 2.44 bits per heavy atom. The number of hydrogen-bond donors (Lipinski definition) is 2. The molecule has 0 heterocycles. The second-order valence-electron chi connectivity index (χ2n) is 6.69. The smallest absolute Gasteiger partial charge is 0.374 e. The van der Waals surface area contributed by atoms with E-state index in [0.29, 0.717) is 24.2 Å². The lowest BCUT2D eigenvalue weighted by atomic mass is 10.1. The van der Waals surface area contributed by atoms with Gasteiger partial charge in [-0.15, -0.1) is 0 Å². The van der Waals surface area contributed by atoms with E-state index in [1.165, 1.54) is 36.7 Å². The molecule has 0 aliphatic carbocycles. The lowest BCUT2D eigenvalue weighted by Crippen LogP contribution is -2.27. The molecule has 0 radical (unpaired) electrons. The van der Waals surface area contributed by atoms with Gasteiger partial charge in [-0.05, 0) is 37.5 Å². The molecule has 0 aromatic heterocycles. The number of alkyl halides is 2. The van der Waals surface area contributed by atoms with Crippen LogP contribution in [0.4, 0.5) is 13.2 Å². The van der Waals surface area contributed by atoms with Crippen LogP contribution in [0.1, 0.15) is 46.0 Å². The summed E-state index contributed by atoms with van der Waals surface area (Å²) in [7, 11) is 0.